The van der Waals surface area contributed by atoms with E-state index in [4.69, 9.17) is 0 Å². The van der Waals surface area contributed by atoms with Gasteiger partial charge in [0, 0.05) is 5.56 Å². The zero-order valence-corrected chi connectivity index (χ0v) is 13.6. The Hall–Kier alpha value is -2.74. The molecule has 4 aromatic rings. The molecule has 0 amide bonds. The number of halogens is 3. The van der Waals surface area contributed by atoms with Crippen molar-refractivity contribution in [3.05, 3.63) is 47.9 Å². The van der Waals surface area contributed by atoms with Crippen molar-refractivity contribution >= 4 is 32.6 Å². The number of alkyl halides is 2. The van der Waals surface area contributed by atoms with Gasteiger partial charge in [-0.1, -0.05) is 6.07 Å². The van der Waals surface area contributed by atoms with Crippen LogP contribution in [-0.2, 0) is 0 Å². The van der Waals surface area contributed by atoms with E-state index in [1.807, 2.05) is 13.0 Å². The number of rotatable bonds is 3. The van der Waals surface area contributed by atoms with Gasteiger partial charge in [-0.3, -0.25) is 0 Å². The van der Waals surface area contributed by atoms with Crippen molar-refractivity contribution in [1.82, 2.24) is 15.0 Å². The normalized spacial score (nSPS) is 11.6. The highest BCUT2D eigenvalue weighted by Crippen LogP contribution is 2.35. The Kier molecular flexibility index (Phi) is 3.76. The zero-order valence-electron chi connectivity index (χ0n) is 12.8. The fraction of sp³-hybridized carbons (Fsp3) is 0.118. The maximum absolute atomic E-state index is 13.9. The molecule has 4 nitrogen and oxygen atoms in total. The average molecular weight is 361 g/mol. The topological polar surface area (TPSA) is 47.9 Å². The number of aromatic nitrogens is 3. The van der Waals surface area contributed by atoms with Crippen molar-refractivity contribution in [2.24, 2.45) is 0 Å². The Balaban J connectivity index is 1.92. The van der Waals surface area contributed by atoms with Crippen molar-refractivity contribution in [1.29, 1.82) is 0 Å². The molecule has 126 valence electrons. The van der Waals surface area contributed by atoms with Crippen molar-refractivity contribution in [2.45, 2.75) is 13.5 Å². The Morgan fingerprint density at radius 3 is 2.72 bits per heavy atom. The fourth-order valence-corrected chi connectivity index (χ4v) is 3.59. The largest absolute Gasteiger partial charge is 0.415 e. The van der Waals surface area contributed by atoms with Crippen molar-refractivity contribution in [3.8, 4) is 16.5 Å². The summed E-state index contributed by atoms with van der Waals surface area (Å²) in [5, 5.41) is 0.589. The van der Waals surface area contributed by atoms with Crippen molar-refractivity contribution in [2.75, 3.05) is 0 Å². The Labute approximate surface area is 143 Å². The van der Waals surface area contributed by atoms with Gasteiger partial charge in [0.15, 0.2) is 0 Å². The number of ether oxygens (including phenoxy) is 1. The first-order valence-corrected chi connectivity index (χ1v) is 8.10. The number of fused-ring (bicyclic) bond motifs is 2. The molecule has 0 bridgehead atoms. The number of nitrogens with zero attached hydrogens (tertiary/aromatic N) is 3. The van der Waals surface area contributed by atoms with E-state index in [1.54, 1.807) is 18.2 Å². The molecule has 25 heavy (non-hydrogen) atoms. The van der Waals surface area contributed by atoms with Crippen LogP contribution in [0.5, 0.6) is 5.88 Å². The lowest BCUT2D eigenvalue weighted by atomic mass is 10.1. The minimum Gasteiger partial charge on any atom is -0.415 e. The summed E-state index contributed by atoms with van der Waals surface area (Å²) in [6.45, 7) is -1.12. The van der Waals surface area contributed by atoms with Gasteiger partial charge in [-0.2, -0.15) is 8.78 Å². The van der Waals surface area contributed by atoms with E-state index >= 15 is 0 Å². The lowest BCUT2D eigenvalue weighted by Gasteiger charge is -2.07. The maximum Gasteiger partial charge on any atom is 0.388 e. The molecular weight excluding hydrogens is 351 g/mol. The number of aryl methyl sites for hydroxylation is 1. The molecule has 0 fully saturated rings. The van der Waals surface area contributed by atoms with Crippen LogP contribution < -0.4 is 4.74 Å². The monoisotopic (exact) mass is 361 g/mol. The van der Waals surface area contributed by atoms with Gasteiger partial charge < -0.3 is 4.74 Å². The minimum atomic E-state index is -2.97. The molecule has 0 spiro atoms. The summed E-state index contributed by atoms with van der Waals surface area (Å²) in [5.74, 6) is -0.648. The molecule has 0 aliphatic heterocycles. The summed E-state index contributed by atoms with van der Waals surface area (Å²) >= 11 is 1.33. The number of hydrogen-bond donors (Lipinski definition) is 0. The first-order valence-electron chi connectivity index (χ1n) is 7.29. The molecule has 4 rings (SSSR count). The van der Waals surface area contributed by atoms with Gasteiger partial charge in [-0.05, 0) is 36.8 Å². The second-order valence-electron chi connectivity index (χ2n) is 5.37. The summed E-state index contributed by atoms with van der Waals surface area (Å²) < 4.78 is 43.7. The molecule has 2 aromatic heterocycles. The van der Waals surface area contributed by atoms with E-state index < -0.39 is 12.4 Å². The molecule has 0 aliphatic carbocycles. The van der Waals surface area contributed by atoms with Gasteiger partial charge in [0.05, 0.1) is 21.9 Å². The SMILES string of the molecule is Cc1cc(-c2nc3c(F)cccc3s2)c2ncc(OC(F)F)nc2c1. The van der Waals surface area contributed by atoms with Gasteiger partial charge in [-0.25, -0.2) is 19.3 Å². The van der Waals surface area contributed by atoms with Crippen LogP contribution in [0.25, 0.3) is 31.8 Å². The van der Waals surface area contributed by atoms with Gasteiger partial charge >= 0.3 is 6.61 Å². The standard InChI is InChI=1S/C17H10F3N3OS/c1-8-5-9(16-23-15-10(18)3-2-4-12(15)25-16)14-11(6-8)22-13(7-21-14)24-17(19)20/h2-7,17H,1H3. The molecule has 0 unspecified atom stereocenters. The van der Waals surface area contributed by atoms with E-state index in [0.29, 0.717) is 27.1 Å². The van der Waals surface area contributed by atoms with E-state index in [9.17, 15) is 13.2 Å². The van der Waals surface area contributed by atoms with Crippen LogP contribution in [0.4, 0.5) is 13.2 Å². The van der Waals surface area contributed by atoms with Crippen molar-refractivity contribution < 1.29 is 17.9 Å². The molecule has 0 atom stereocenters. The Bertz CT molecular complexity index is 1100. The number of thiazole rings is 1. The smallest absolute Gasteiger partial charge is 0.388 e. The lowest BCUT2D eigenvalue weighted by molar-refractivity contribution is -0.0528. The first-order chi connectivity index (χ1) is 12.0. The third-order valence-electron chi connectivity index (χ3n) is 3.58. The van der Waals surface area contributed by atoms with Crippen LogP contribution in [0.15, 0.2) is 36.5 Å². The van der Waals surface area contributed by atoms with Crippen LogP contribution >= 0.6 is 11.3 Å². The fourth-order valence-electron chi connectivity index (χ4n) is 2.59. The van der Waals surface area contributed by atoms with Crippen LogP contribution in [-0.4, -0.2) is 21.6 Å². The highest BCUT2D eigenvalue weighted by Gasteiger charge is 2.15. The van der Waals surface area contributed by atoms with E-state index in [0.717, 1.165) is 16.5 Å². The molecular formula is C17H10F3N3OS. The maximum atomic E-state index is 13.9. The van der Waals surface area contributed by atoms with Crippen LogP contribution in [0.3, 0.4) is 0 Å². The Morgan fingerprint density at radius 2 is 1.96 bits per heavy atom. The first kappa shape index (κ1) is 15.8. The van der Waals surface area contributed by atoms with Crippen molar-refractivity contribution in [3.63, 3.8) is 0 Å². The molecule has 0 radical (unpaired) electrons. The van der Waals surface area contributed by atoms with Gasteiger partial charge in [0.1, 0.15) is 16.3 Å². The molecule has 0 saturated heterocycles. The number of para-hydroxylation sites is 1. The molecule has 0 aliphatic rings. The Morgan fingerprint density at radius 1 is 1.12 bits per heavy atom. The predicted molar refractivity (Wildman–Crippen MR) is 89.5 cm³/mol. The zero-order chi connectivity index (χ0) is 17.6. The molecule has 0 saturated carbocycles. The van der Waals surface area contributed by atoms with E-state index in [2.05, 4.69) is 19.7 Å². The quantitative estimate of drug-likeness (QED) is 0.518. The highest BCUT2D eigenvalue weighted by molar-refractivity contribution is 7.21. The highest BCUT2D eigenvalue weighted by atomic mass is 32.1. The van der Waals surface area contributed by atoms with Crippen LogP contribution in [0.2, 0.25) is 0 Å². The van der Waals surface area contributed by atoms with E-state index in [1.165, 1.54) is 17.4 Å². The third-order valence-corrected chi connectivity index (χ3v) is 4.63. The summed E-state index contributed by atoms with van der Waals surface area (Å²) in [5.41, 5.74) is 2.72. The molecule has 8 heteroatoms. The molecule has 2 heterocycles. The predicted octanol–water partition coefficient (Wildman–Crippen LogP) is 4.96. The molecule has 2 aromatic carbocycles. The van der Waals surface area contributed by atoms with Gasteiger partial charge in [-0.15, -0.1) is 11.3 Å². The van der Waals surface area contributed by atoms with Gasteiger partial charge in [0.2, 0.25) is 5.88 Å². The number of benzene rings is 2. The third kappa shape index (κ3) is 2.89. The van der Waals surface area contributed by atoms with E-state index in [-0.39, 0.29) is 5.88 Å². The summed E-state index contributed by atoms with van der Waals surface area (Å²) in [6.07, 6.45) is 1.14. The summed E-state index contributed by atoms with van der Waals surface area (Å²) in [4.78, 5) is 12.6. The second-order valence-corrected chi connectivity index (χ2v) is 6.40. The van der Waals surface area contributed by atoms with Gasteiger partial charge in [0.25, 0.3) is 0 Å². The van der Waals surface area contributed by atoms with Crippen LogP contribution in [0.1, 0.15) is 5.56 Å². The summed E-state index contributed by atoms with van der Waals surface area (Å²) in [7, 11) is 0. The number of hydrogen-bond acceptors (Lipinski definition) is 5. The molecule has 0 N–H and O–H groups in total. The lowest BCUT2D eigenvalue weighted by Crippen LogP contribution is -2.04. The summed E-state index contributed by atoms with van der Waals surface area (Å²) in [6, 6.07) is 8.35. The minimum absolute atomic E-state index is 0.255. The van der Waals surface area contributed by atoms with Crippen LogP contribution in [0, 0.1) is 12.7 Å². The second kappa shape index (κ2) is 5.96. The average Bonchev–Trinajstić information content (AvgIpc) is 2.98.